The first kappa shape index (κ1) is 24.1. The summed E-state index contributed by atoms with van der Waals surface area (Å²) in [5.41, 5.74) is 1.53. The highest BCUT2D eigenvalue weighted by molar-refractivity contribution is 6.32. The van der Waals surface area contributed by atoms with Crippen molar-refractivity contribution in [2.45, 2.75) is 19.4 Å². The third-order valence-corrected chi connectivity index (χ3v) is 4.46. The first-order valence-corrected chi connectivity index (χ1v) is 9.99. The van der Waals surface area contributed by atoms with Gasteiger partial charge in [-0.1, -0.05) is 29.5 Å². The molecule has 0 radical (unpaired) electrons. The molecule has 0 fully saturated rings. The Labute approximate surface area is 187 Å². The van der Waals surface area contributed by atoms with Crippen molar-refractivity contribution in [2.75, 3.05) is 27.4 Å². The lowest BCUT2D eigenvalue weighted by atomic mass is 10.1. The maximum atomic E-state index is 11.2. The van der Waals surface area contributed by atoms with Gasteiger partial charge in [-0.2, -0.15) is 0 Å². The molecule has 0 aliphatic rings. The molecule has 7 heteroatoms. The number of rotatable bonds is 10. The monoisotopic (exact) mass is 444 g/mol. The van der Waals surface area contributed by atoms with Gasteiger partial charge in [0, 0.05) is 24.7 Å². The Bertz CT molecular complexity index is 952. The van der Waals surface area contributed by atoms with E-state index in [1.165, 1.54) is 0 Å². The third kappa shape index (κ3) is 7.89. The van der Waals surface area contributed by atoms with E-state index in [1.54, 1.807) is 57.6 Å². The second-order valence-corrected chi connectivity index (χ2v) is 6.74. The topological polar surface area (TPSA) is 74.2 Å². The molecule has 0 aliphatic heterocycles. The highest BCUT2D eigenvalue weighted by Gasteiger charge is 2.18. The minimum absolute atomic E-state index is 0.230. The summed E-state index contributed by atoms with van der Waals surface area (Å²) in [7, 11) is 3.18. The molecule has 6 nitrogen and oxygen atoms in total. The zero-order valence-electron chi connectivity index (χ0n) is 17.7. The standard InChI is InChI=1S/C24H25ClO6/c1-4-30-23(24(26)27)15-18-9-10-22(21(25)14-18)31-11-7-5-6-8-17-12-19(28-2)16-20(13-17)29-3/h5,7,9-10,12-14,16,23H,4,11,15H2,1-3H3,(H,26,27)/b7-5-. The molecule has 1 unspecified atom stereocenters. The van der Waals surface area contributed by atoms with Crippen LogP contribution in [0.1, 0.15) is 18.1 Å². The average Bonchev–Trinajstić information content (AvgIpc) is 2.76. The summed E-state index contributed by atoms with van der Waals surface area (Å²) in [5, 5.41) is 9.59. The van der Waals surface area contributed by atoms with Crippen LogP contribution in [-0.4, -0.2) is 44.6 Å². The SMILES string of the molecule is CCOC(Cc1ccc(OC/C=C\C#Cc2cc(OC)cc(OC)c2)c(Cl)c1)C(=O)O. The van der Waals surface area contributed by atoms with E-state index in [-0.39, 0.29) is 13.0 Å². The van der Waals surface area contributed by atoms with Gasteiger partial charge in [-0.05, 0) is 48.9 Å². The van der Waals surface area contributed by atoms with Crippen molar-refractivity contribution in [3.63, 3.8) is 0 Å². The number of carbonyl (C=O) groups is 1. The molecule has 0 aromatic heterocycles. The van der Waals surface area contributed by atoms with Crippen LogP contribution in [-0.2, 0) is 16.0 Å². The molecular weight excluding hydrogens is 420 g/mol. The zero-order chi connectivity index (χ0) is 22.6. The van der Waals surface area contributed by atoms with E-state index in [0.717, 1.165) is 11.1 Å². The largest absolute Gasteiger partial charge is 0.497 e. The number of ether oxygens (including phenoxy) is 4. The van der Waals surface area contributed by atoms with Gasteiger partial charge in [0.25, 0.3) is 0 Å². The van der Waals surface area contributed by atoms with Gasteiger partial charge >= 0.3 is 5.97 Å². The summed E-state index contributed by atoms with van der Waals surface area (Å²) in [6.45, 7) is 2.36. The molecule has 0 amide bonds. The highest BCUT2D eigenvalue weighted by atomic mass is 35.5. The second kappa shape index (κ2) is 12.5. The molecule has 0 saturated carbocycles. The van der Waals surface area contributed by atoms with E-state index in [0.29, 0.717) is 28.9 Å². The predicted molar refractivity (Wildman–Crippen MR) is 119 cm³/mol. The van der Waals surface area contributed by atoms with E-state index < -0.39 is 12.1 Å². The molecule has 1 atom stereocenters. The molecule has 2 aromatic carbocycles. The third-order valence-electron chi connectivity index (χ3n) is 4.16. The van der Waals surface area contributed by atoms with E-state index in [9.17, 15) is 9.90 Å². The van der Waals surface area contributed by atoms with Crippen LogP contribution in [0.25, 0.3) is 0 Å². The summed E-state index contributed by atoms with van der Waals surface area (Å²) in [6.07, 6.45) is 2.78. The maximum absolute atomic E-state index is 11.2. The fourth-order valence-corrected chi connectivity index (χ4v) is 2.93. The van der Waals surface area contributed by atoms with Crippen molar-refractivity contribution in [1.29, 1.82) is 0 Å². The number of halogens is 1. The summed E-state index contributed by atoms with van der Waals surface area (Å²) < 4.78 is 21.3. The maximum Gasteiger partial charge on any atom is 0.333 e. The molecule has 0 spiro atoms. The summed E-state index contributed by atoms with van der Waals surface area (Å²) in [4.78, 5) is 11.2. The van der Waals surface area contributed by atoms with E-state index in [2.05, 4.69) is 11.8 Å². The fraction of sp³-hybridized carbons (Fsp3) is 0.292. The zero-order valence-corrected chi connectivity index (χ0v) is 18.4. The quantitative estimate of drug-likeness (QED) is 0.548. The van der Waals surface area contributed by atoms with Gasteiger partial charge in [-0.25, -0.2) is 4.79 Å². The van der Waals surface area contributed by atoms with E-state index in [4.69, 9.17) is 30.5 Å². The average molecular weight is 445 g/mol. The van der Waals surface area contributed by atoms with Gasteiger partial charge in [0.05, 0.1) is 19.2 Å². The molecule has 0 heterocycles. The number of allylic oxidation sites excluding steroid dienone is 1. The number of carboxylic acids is 1. The van der Waals surface area contributed by atoms with Gasteiger partial charge in [0.2, 0.25) is 0 Å². The number of carboxylic acid groups (broad SMARTS) is 1. The van der Waals surface area contributed by atoms with Gasteiger partial charge in [-0.15, -0.1) is 0 Å². The van der Waals surface area contributed by atoms with Gasteiger partial charge in [0.15, 0.2) is 6.10 Å². The highest BCUT2D eigenvalue weighted by Crippen LogP contribution is 2.26. The van der Waals surface area contributed by atoms with Crippen LogP contribution in [0.4, 0.5) is 0 Å². The van der Waals surface area contributed by atoms with Crippen LogP contribution >= 0.6 is 11.6 Å². The molecule has 0 aliphatic carbocycles. The molecule has 31 heavy (non-hydrogen) atoms. The van der Waals surface area contributed by atoms with Crippen LogP contribution in [0.2, 0.25) is 5.02 Å². The number of benzene rings is 2. The number of hydrogen-bond donors (Lipinski definition) is 1. The normalized spacial score (nSPS) is 11.5. The Morgan fingerprint density at radius 3 is 2.45 bits per heavy atom. The fourth-order valence-electron chi connectivity index (χ4n) is 2.67. The molecule has 0 bridgehead atoms. The second-order valence-electron chi connectivity index (χ2n) is 6.34. The van der Waals surface area contributed by atoms with Gasteiger partial charge < -0.3 is 24.1 Å². The Hall–Kier alpha value is -3.14. The lowest BCUT2D eigenvalue weighted by molar-refractivity contribution is -0.149. The smallest absolute Gasteiger partial charge is 0.333 e. The Morgan fingerprint density at radius 1 is 1.16 bits per heavy atom. The van der Waals surface area contributed by atoms with Gasteiger partial charge in [0.1, 0.15) is 23.9 Å². The molecule has 2 aromatic rings. The number of methoxy groups -OCH3 is 2. The minimum Gasteiger partial charge on any atom is -0.497 e. The first-order valence-electron chi connectivity index (χ1n) is 9.62. The van der Waals surface area contributed by atoms with Crippen LogP contribution in [0.15, 0.2) is 48.6 Å². The Kier molecular flexibility index (Phi) is 9.76. The van der Waals surface area contributed by atoms with Crippen molar-refractivity contribution in [1.82, 2.24) is 0 Å². The Balaban J connectivity index is 1.92. The number of hydrogen-bond acceptors (Lipinski definition) is 5. The van der Waals surface area contributed by atoms with Crippen molar-refractivity contribution in [3.05, 3.63) is 64.7 Å². The van der Waals surface area contributed by atoms with Crippen LogP contribution < -0.4 is 14.2 Å². The van der Waals surface area contributed by atoms with E-state index in [1.807, 2.05) is 12.1 Å². The van der Waals surface area contributed by atoms with E-state index >= 15 is 0 Å². The first-order chi connectivity index (χ1) is 15.0. The summed E-state index contributed by atoms with van der Waals surface area (Å²) in [6, 6.07) is 10.6. The van der Waals surface area contributed by atoms with Gasteiger partial charge in [-0.3, -0.25) is 0 Å². The van der Waals surface area contributed by atoms with Crippen LogP contribution in [0.3, 0.4) is 0 Å². The molecule has 164 valence electrons. The lowest BCUT2D eigenvalue weighted by Gasteiger charge is -2.13. The van der Waals surface area contributed by atoms with Crippen LogP contribution in [0, 0.1) is 11.8 Å². The molecular formula is C24H25ClO6. The number of aliphatic carboxylic acids is 1. The van der Waals surface area contributed by atoms with Crippen molar-refractivity contribution in [3.8, 4) is 29.1 Å². The summed E-state index contributed by atoms with van der Waals surface area (Å²) in [5.74, 6) is 6.79. The van der Waals surface area contributed by atoms with Crippen LogP contribution in [0.5, 0.6) is 17.2 Å². The molecule has 1 N–H and O–H groups in total. The van der Waals surface area contributed by atoms with Crippen molar-refractivity contribution in [2.24, 2.45) is 0 Å². The molecule has 2 rings (SSSR count). The van der Waals surface area contributed by atoms with Crippen molar-refractivity contribution < 1.29 is 28.8 Å². The predicted octanol–water partition coefficient (Wildman–Crippen LogP) is 4.38. The minimum atomic E-state index is -1.00. The molecule has 0 saturated heterocycles. The summed E-state index contributed by atoms with van der Waals surface area (Å²) >= 11 is 6.26. The Morgan fingerprint density at radius 2 is 1.87 bits per heavy atom. The lowest BCUT2D eigenvalue weighted by Crippen LogP contribution is -2.26. The van der Waals surface area contributed by atoms with Crippen molar-refractivity contribution >= 4 is 17.6 Å².